The van der Waals surface area contributed by atoms with Gasteiger partial charge in [0.05, 0.1) is 12.1 Å². The van der Waals surface area contributed by atoms with Gasteiger partial charge in [-0.2, -0.15) is 5.26 Å². The summed E-state index contributed by atoms with van der Waals surface area (Å²) in [5.74, 6) is -0.365. The van der Waals surface area contributed by atoms with Crippen molar-refractivity contribution >= 4 is 29.0 Å². The molecule has 1 atom stereocenters. The van der Waals surface area contributed by atoms with E-state index in [1.165, 1.54) is 0 Å². The molecule has 2 aromatic carbocycles. The Morgan fingerprint density at radius 2 is 1.82 bits per heavy atom. The molecular weight excluding hydrogens is 438 g/mol. The maximum Gasteiger partial charge on any atom is 0.248 e. The number of ether oxygens (including phenoxy) is 1. The van der Waals surface area contributed by atoms with Gasteiger partial charge in [0.1, 0.15) is 22.8 Å². The average Bonchev–Trinajstić information content (AvgIpc) is 2.98. The van der Waals surface area contributed by atoms with Crippen LogP contribution < -0.4 is 10.6 Å². The van der Waals surface area contributed by atoms with Crippen LogP contribution in [0.25, 0.3) is 0 Å². The summed E-state index contributed by atoms with van der Waals surface area (Å²) in [7, 11) is 0. The molecule has 0 fully saturated rings. The third-order valence-corrected chi connectivity index (χ3v) is 7.00. The first-order valence-electron chi connectivity index (χ1n) is 10.7. The number of ketones is 1. The number of benzene rings is 2. The highest BCUT2D eigenvalue weighted by molar-refractivity contribution is 6.31. The molecule has 2 heterocycles. The number of carbonyl (C=O) groups is 2. The Morgan fingerprint density at radius 3 is 2.55 bits per heavy atom. The Balaban J connectivity index is 1.78. The summed E-state index contributed by atoms with van der Waals surface area (Å²) in [5.41, 5.74) is 6.37. The van der Waals surface area contributed by atoms with Crippen molar-refractivity contribution in [2.24, 2.45) is 11.1 Å². The van der Waals surface area contributed by atoms with Crippen molar-refractivity contribution in [3.8, 4) is 6.07 Å². The molecule has 2 aliphatic heterocycles. The molecule has 1 amide bonds. The lowest BCUT2D eigenvalue weighted by Gasteiger charge is -2.41. The molecule has 5 rings (SSSR count). The van der Waals surface area contributed by atoms with Crippen LogP contribution in [0.1, 0.15) is 37.8 Å². The van der Waals surface area contributed by atoms with Crippen molar-refractivity contribution in [1.82, 2.24) is 0 Å². The summed E-state index contributed by atoms with van der Waals surface area (Å²) in [6.07, 6.45) is 0.685. The van der Waals surface area contributed by atoms with Gasteiger partial charge in [0.25, 0.3) is 0 Å². The number of nitrogens with two attached hydrogens (primary N) is 1. The Labute approximate surface area is 196 Å². The summed E-state index contributed by atoms with van der Waals surface area (Å²) in [5, 5.41) is 10.7. The molecule has 0 radical (unpaired) electrons. The molecule has 6 nitrogen and oxygen atoms in total. The van der Waals surface area contributed by atoms with Crippen molar-refractivity contribution in [3.63, 3.8) is 0 Å². The first-order valence-corrected chi connectivity index (χ1v) is 11.1. The molecule has 0 saturated carbocycles. The van der Waals surface area contributed by atoms with Crippen molar-refractivity contribution in [3.05, 3.63) is 87.5 Å². The van der Waals surface area contributed by atoms with E-state index in [4.69, 9.17) is 22.1 Å². The minimum Gasteiger partial charge on any atom is -0.444 e. The number of carbonyl (C=O) groups excluding carboxylic acids is 2. The van der Waals surface area contributed by atoms with Crippen LogP contribution >= 0.6 is 11.6 Å². The zero-order valence-corrected chi connectivity index (χ0v) is 19.1. The summed E-state index contributed by atoms with van der Waals surface area (Å²) < 4.78 is 5.82. The van der Waals surface area contributed by atoms with Crippen LogP contribution in [0.15, 0.2) is 71.3 Å². The van der Waals surface area contributed by atoms with E-state index in [1.807, 2.05) is 44.2 Å². The maximum absolute atomic E-state index is 14.3. The predicted octanol–water partition coefficient (Wildman–Crippen LogP) is 4.49. The zero-order valence-electron chi connectivity index (χ0n) is 18.3. The Kier molecular flexibility index (Phi) is 4.66. The largest absolute Gasteiger partial charge is 0.444 e. The lowest BCUT2D eigenvalue weighted by atomic mass is 9.62. The number of hydrogen-bond donors (Lipinski definition) is 1. The molecule has 166 valence electrons. The van der Waals surface area contributed by atoms with Gasteiger partial charge in [-0.25, -0.2) is 0 Å². The van der Waals surface area contributed by atoms with E-state index >= 15 is 0 Å². The number of Topliss-reactive ketones (excluding diaryl/α,β-unsaturated/α-hetero) is 1. The lowest BCUT2D eigenvalue weighted by molar-refractivity contribution is -0.125. The monoisotopic (exact) mass is 459 g/mol. The number of amides is 1. The van der Waals surface area contributed by atoms with Gasteiger partial charge in [-0.05, 0) is 23.1 Å². The maximum atomic E-state index is 14.3. The minimum atomic E-state index is -1.63. The van der Waals surface area contributed by atoms with Crippen LogP contribution in [0.5, 0.6) is 0 Å². The summed E-state index contributed by atoms with van der Waals surface area (Å²) in [6.45, 7) is 4.14. The summed E-state index contributed by atoms with van der Waals surface area (Å²) in [6, 6.07) is 16.6. The lowest BCUT2D eigenvalue weighted by Crippen LogP contribution is -2.50. The van der Waals surface area contributed by atoms with Crippen LogP contribution in [-0.2, 0) is 26.3 Å². The van der Waals surface area contributed by atoms with Crippen molar-refractivity contribution in [2.75, 3.05) is 4.90 Å². The second-order valence-corrected chi connectivity index (χ2v) is 9.85. The van der Waals surface area contributed by atoms with E-state index in [0.717, 1.165) is 5.56 Å². The van der Waals surface area contributed by atoms with Gasteiger partial charge < -0.3 is 15.4 Å². The SMILES string of the molecule is CC1(C)CC(=O)C2=C(C1)OC(N)=C(C#N)C21C(=O)N(Cc2ccccc2Cl)c2ccccc21. The second kappa shape index (κ2) is 7.23. The molecule has 1 unspecified atom stereocenters. The summed E-state index contributed by atoms with van der Waals surface area (Å²) >= 11 is 6.40. The Bertz CT molecular complexity index is 1330. The molecule has 3 aliphatic rings. The predicted molar refractivity (Wildman–Crippen MR) is 124 cm³/mol. The molecule has 2 aromatic rings. The zero-order chi connectivity index (χ0) is 23.5. The standard InChI is InChI=1S/C26H22ClN3O3/c1-25(2)11-20(31)22-21(12-25)33-23(29)17(13-28)26(22)16-8-4-6-10-19(16)30(24(26)32)14-15-7-3-5-9-18(15)27/h3-10H,11-12,14,29H2,1-2H3. The van der Waals surface area contributed by atoms with E-state index < -0.39 is 11.3 Å². The van der Waals surface area contributed by atoms with Gasteiger partial charge in [-0.15, -0.1) is 0 Å². The third-order valence-electron chi connectivity index (χ3n) is 6.63. The van der Waals surface area contributed by atoms with Crippen LogP contribution in [0, 0.1) is 16.7 Å². The van der Waals surface area contributed by atoms with Crippen LogP contribution in [0.4, 0.5) is 5.69 Å². The quantitative estimate of drug-likeness (QED) is 0.713. The minimum absolute atomic E-state index is 0.0478. The summed E-state index contributed by atoms with van der Waals surface area (Å²) in [4.78, 5) is 29.5. The molecule has 0 saturated heterocycles. The number of nitriles is 1. The van der Waals surface area contributed by atoms with Gasteiger partial charge in [-0.1, -0.05) is 61.8 Å². The Morgan fingerprint density at radius 1 is 1.12 bits per heavy atom. The number of allylic oxidation sites excluding steroid dienone is 1. The van der Waals surface area contributed by atoms with Gasteiger partial charge in [0.2, 0.25) is 11.8 Å². The molecule has 0 aromatic heterocycles. The number of para-hydroxylation sites is 1. The highest BCUT2D eigenvalue weighted by Gasteiger charge is 2.62. The smallest absolute Gasteiger partial charge is 0.248 e. The molecule has 1 aliphatic carbocycles. The third kappa shape index (κ3) is 2.93. The van der Waals surface area contributed by atoms with E-state index in [0.29, 0.717) is 28.5 Å². The highest BCUT2D eigenvalue weighted by atomic mass is 35.5. The van der Waals surface area contributed by atoms with Crippen LogP contribution in [-0.4, -0.2) is 11.7 Å². The molecule has 2 N–H and O–H groups in total. The van der Waals surface area contributed by atoms with Gasteiger partial charge in [0.15, 0.2) is 5.78 Å². The fourth-order valence-electron chi connectivity index (χ4n) is 5.29. The fraction of sp³-hybridized carbons (Fsp3) is 0.269. The fourth-order valence-corrected chi connectivity index (χ4v) is 5.49. The topological polar surface area (TPSA) is 96.4 Å². The van der Waals surface area contributed by atoms with E-state index in [1.54, 1.807) is 23.1 Å². The second-order valence-electron chi connectivity index (χ2n) is 9.44. The first-order chi connectivity index (χ1) is 15.7. The van der Waals surface area contributed by atoms with Crippen molar-refractivity contribution < 1.29 is 14.3 Å². The number of nitrogens with zero attached hydrogens (tertiary/aromatic N) is 2. The van der Waals surface area contributed by atoms with E-state index in [9.17, 15) is 14.9 Å². The number of anilines is 1. The van der Waals surface area contributed by atoms with Crippen molar-refractivity contribution in [2.45, 2.75) is 38.6 Å². The highest BCUT2D eigenvalue weighted by Crippen LogP contribution is 2.57. The number of fused-ring (bicyclic) bond motifs is 3. The van der Waals surface area contributed by atoms with Crippen molar-refractivity contribution in [1.29, 1.82) is 5.26 Å². The van der Waals surface area contributed by atoms with Crippen LogP contribution in [0.3, 0.4) is 0 Å². The van der Waals surface area contributed by atoms with Crippen LogP contribution in [0.2, 0.25) is 5.02 Å². The number of hydrogen-bond acceptors (Lipinski definition) is 5. The van der Waals surface area contributed by atoms with E-state index in [2.05, 4.69) is 6.07 Å². The molecule has 0 bridgehead atoms. The molecule has 1 spiro atoms. The normalized spacial score (nSPS) is 23.4. The Hall–Kier alpha value is -3.56. The molecular formula is C26H22ClN3O3. The molecule has 7 heteroatoms. The first kappa shape index (κ1) is 21.3. The van der Waals surface area contributed by atoms with Gasteiger partial charge >= 0.3 is 0 Å². The van der Waals surface area contributed by atoms with E-state index in [-0.39, 0.29) is 41.2 Å². The average molecular weight is 460 g/mol. The van der Waals surface area contributed by atoms with Gasteiger partial charge in [0, 0.05) is 29.1 Å². The molecule has 33 heavy (non-hydrogen) atoms. The van der Waals surface area contributed by atoms with Gasteiger partial charge in [-0.3, -0.25) is 9.59 Å². The number of halogens is 1. The number of rotatable bonds is 2.